The SMILES string of the molecule is O=C(c1ccc(-c2ccco2)[nH]c1=O)N1CC[C@@H]1c1ccccc1. The molecule has 1 amide bonds. The van der Waals surface area contributed by atoms with Crippen molar-refractivity contribution in [2.45, 2.75) is 12.5 Å². The Morgan fingerprint density at radius 2 is 1.92 bits per heavy atom. The highest BCUT2D eigenvalue weighted by Crippen LogP contribution is 2.33. The van der Waals surface area contributed by atoms with E-state index >= 15 is 0 Å². The second-order valence-corrected chi connectivity index (χ2v) is 5.81. The summed E-state index contributed by atoms with van der Waals surface area (Å²) in [6.45, 7) is 0.664. The Morgan fingerprint density at radius 1 is 1.08 bits per heavy atom. The summed E-state index contributed by atoms with van der Waals surface area (Å²) in [5, 5.41) is 0. The van der Waals surface area contributed by atoms with Gasteiger partial charge in [-0.05, 0) is 36.2 Å². The third-order valence-electron chi connectivity index (χ3n) is 4.39. The van der Waals surface area contributed by atoms with Gasteiger partial charge in [0.15, 0.2) is 0 Å². The first kappa shape index (κ1) is 14.5. The second-order valence-electron chi connectivity index (χ2n) is 5.81. The van der Waals surface area contributed by atoms with Crippen molar-refractivity contribution in [2.75, 3.05) is 6.54 Å². The first-order valence-corrected chi connectivity index (χ1v) is 7.87. The molecule has 0 saturated carbocycles. The van der Waals surface area contributed by atoms with E-state index in [2.05, 4.69) is 4.98 Å². The zero-order valence-corrected chi connectivity index (χ0v) is 12.9. The Balaban J connectivity index is 1.60. The number of rotatable bonds is 3. The molecular formula is C19H16N2O3. The van der Waals surface area contributed by atoms with Crippen molar-refractivity contribution in [3.63, 3.8) is 0 Å². The molecule has 120 valence electrons. The fourth-order valence-electron chi connectivity index (χ4n) is 3.02. The molecule has 3 heterocycles. The summed E-state index contributed by atoms with van der Waals surface area (Å²) in [5.74, 6) is 0.333. The molecule has 1 fully saturated rings. The largest absolute Gasteiger partial charge is 0.463 e. The number of benzene rings is 1. The van der Waals surface area contributed by atoms with Crippen molar-refractivity contribution in [2.24, 2.45) is 0 Å². The van der Waals surface area contributed by atoms with Gasteiger partial charge < -0.3 is 14.3 Å². The Kier molecular flexibility index (Phi) is 3.54. The minimum absolute atomic E-state index is 0.0443. The molecule has 1 aliphatic rings. The highest BCUT2D eigenvalue weighted by atomic mass is 16.3. The van der Waals surface area contributed by atoms with Crippen molar-refractivity contribution >= 4 is 5.91 Å². The first-order valence-electron chi connectivity index (χ1n) is 7.87. The number of nitrogens with one attached hydrogen (secondary N) is 1. The van der Waals surface area contributed by atoms with E-state index in [-0.39, 0.29) is 17.5 Å². The summed E-state index contributed by atoms with van der Waals surface area (Å²) in [7, 11) is 0. The molecule has 1 N–H and O–H groups in total. The topological polar surface area (TPSA) is 66.3 Å². The third-order valence-corrected chi connectivity index (χ3v) is 4.39. The fourth-order valence-corrected chi connectivity index (χ4v) is 3.02. The molecule has 2 aromatic heterocycles. The monoisotopic (exact) mass is 320 g/mol. The maximum absolute atomic E-state index is 12.7. The average Bonchev–Trinajstić information content (AvgIpc) is 3.09. The van der Waals surface area contributed by atoms with Gasteiger partial charge in [0.05, 0.1) is 18.0 Å². The van der Waals surface area contributed by atoms with E-state index in [9.17, 15) is 9.59 Å². The fraction of sp³-hybridized carbons (Fsp3) is 0.158. The van der Waals surface area contributed by atoms with E-state index in [1.165, 1.54) is 6.26 Å². The molecule has 5 nitrogen and oxygen atoms in total. The van der Waals surface area contributed by atoms with E-state index in [1.807, 2.05) is 30.3 Å². The molecule has 0 radical (unpaired) electrons. The summed E-state index contributed by atoms with van der Waals surface area (Å²) < 4.78 is 5.26. The highest BCUT2D eigenvalue weighted by Gasteiger charge is 2.34. The molecule has 0 aliphatic carbocycles. The van der Waals surface area contributed by atoms with Crippen LogP contribution in [0.2, 0.25) is 0 Å². The standard InChI is InChI=1S/C19H16N2O3/c22-18-14(8-9-15(20-18)17-7-4-12-24-17)19(23)21-11-10-16(21)13-5-2-1-3-6-13/h1-9,12,16H,10-11H2,(H,20,22)/t16-/m1/s1. The van der Waals surface area contributed by atoms with Crippen molar-refractivity contribution in [3.05, 3.63) is 82.3 Å². The highest BCUT2D eigenvalue weighted by molar-refractivity contribution is 5.94. The number of hydrogen-bond donors (Lipinski definition) is 1. The molecule has 5 heteroatoms. The number of aromatic amines is 1. The van der Waals surface area contributed by atoms with Gasteiger partial charge >= 0.3 is 0 Å². The van der Waals surface area contributed by atoms with Crippen molar-refractivity contribution in [1.82, 2.24) is 9.88 Å². The summed E-state index contributed by atoms with van der Waals surface area (Å²) >= 11 is 0. The van der Waals surface area contributed by atoms with Crippen LogP contribution in [0, 0.1) is 0 Å². The van der Waals surface area contributed by atoms with Gasteiger partial charge in [0.25, 0.3) is 11.5 Å². The van der Waals surface area contributed by atoms with Crippen LogP contribution in [0.5, 0.6) is 0 Å². The molecule has 1 aliphatic heterocycles. The van der Waals surface area contributed by atoms with Crippen molar-refractivity contribution in [3.8, 4) is 11.5 Å². The number of nitrogens with zero attached hydrogens (tertiary/aromatic N) is 1. The van der Waals surface area contributed by atoms with E-state index < -0.39 is 5.56 Å². The number of pyridine rings is 1. The Bertz CT molecular complexity index is 913. The lowest BCUT2D eigenvalue weighted by Crippen LogP contribution is -2.46. The van der Waals surface area contributed by atoms with Crippen LogP contribution in [0.4, 0.5) is 0 Å². The van der Waals surface area contributed by atoms with Gasteiger partial charge in [0.2, 0.25) is 0 Å². The molecule has 1 aromatic carbocycles. The molecule has 1 atom stereocenters. The average molecular weight is 320 g/mol. The quantitative estimate of drug-likeness (QED) is 0.806. The van der Waals surface area contributed by atoms with E-state index in [0.717, 1.165) is 12.0 Å². The molecule has 0 bridgehead atoms. The van der Waals surface area contributed by atoms with Gasteiger partial charge in [0, 0.05) is 6.54 Å². The van der Waals surface area contributed by atoms with E-state index in [4.69, 9.17) is 4.42 Å². The van der Waals surface area contributed by atoms with Crippen LogP contribution < -0.4 is 5.56 Å². The lowest BCUT2D eigenvalue weighted by molar-refractivity contribution is 0.0458. The molecule has 3 aromatic rings. The predicted octanol–water partition coefficient (Wildman–Crippen LogP) is 3.22. The third kappa shape index (κ3) is 2.44. The Labute approximate surface area is 138 Å². The number of likely N-dealkylation sites (tertiary alicyclic amines) is 1. The minimum Gasteiger partial charge on any atom is -0.463 e. The molecule has 4 rings (SSSR count). The Morgan fingerprint density at radius 3 is 2.54 bits per heavy atom. The molecule has 0 unspecified atom stereocenters. The van der Waals surface area contributed by atoms with Crippen LogP contribution in [0.1, 0.15) is 28.4 Å². The first-order chi connectivity index (χ1) is 11.7. The Hall–Kier alpha value is -3.08. The van der Waals surface area contributed by atoms with Crippen LogP contribution in [-0.4, -0.2) is 22.3 Å². The van der Waals surface area contributed by atoms with Gasteiger partial charge in [-0.25, -0.2) is 0 Å². The second kappa shape index (κ2) is 5.85. The van der Waals surface area contributed by atoms with Gasteiger partial charge in [-0.15, -0.1) is 0 Å². The smallest absolute Gasteiger partial charge is 0.261 e. The minimum atomic E-state index is -0.396. The summed E-state index contributed by atoms with van der Waals surface area (Å²) in [4.78, 5) is 29.5. The predicted molar refractivity (Wildman–Crippen MR) is 89.6 cm³/mol. The lowest BCUT2D eigenvalue weighted by Gasteiger charge is -2.41. The van der Waals surface area contributed by atoms with Crippen LogP contribution in [0.25, 0.3) is 11.5 Å². The number of carbonyl (C=O) groups is 1. The summed E-state index contributed by atoms with van der Waals surface area (Å²) in [5.41, 5.74) is 1.42. The van der Waals surface area contributed by atoms with Crippen LogP contribution in [0.3, 0.4) is 0 Å². The van der Waals surface area contributed by atoms with Gasteiger partial charge in [-0.3, -0.25) is 9.59 Å². The van der Waals surface area contributed by atoms with Gasteiger partial charge in [0.1, 0.15) is 11.3 Å². The number of hydrogen-bond acceptors (Lipinski definition) is 3. The molecule has 1 saturated heterocycles. The summed E-state index contributed by atoms with van der Waals surface area (Å²) in [6.07, 6.45) is 2.45. The number of amides is 1. The number of furan rings is 1. The normalized spacial score (nSPS) is 16.7. The van der Waals surface area contributed by atoms with E-state index in [0.29, 0.717) is 18.0 Å². The lowest BCUT2D eigenvalue weighted by atomic mass is 9.94. The van der Waals surface area contributed by atoms with Crippen molar-refractivity contribution in [1.29, 1.82) is 0 Å². The molecule has 0 spiro atoms. The zero-order chi connectivity index (χ0) is 16.5. The maximum atomic E-state index is 12.7. The van der Waals surface area contributed by atoms with Gasteiger partial charge in [-0.2, -0.15) is 0 Å². The van der Waals surface area contributed by atoms with Crippen LogP contribution >= 0.6 is 0 Å². The number of carbonyl (C=O) groups excluding carboxylic acids is 1. The summed E-state index contributed by atoms with van der Waals surface area (Å²) in [6, 6.07) is 16.7. The van der Waals surface area contributed by atoms with Crippen LogP contribution in [0.15, 0.2) is 70.1 Å². The van der Waals surface area contributed by atoms with E-state index in [1.54, 1.807) is 29.2 Å². The molecule has 24 heavy (non-hydrogen) atoms. The molecular weight excluding hydrogens is 304 g/mol. The van der Waals surface area contributed by atoms with Gasteiger partial charge in [-0.1, -0.05) is 30.3 Å². The zero-order valence-electron chi connectivity index (χ0n) is 12.9. The number of H-pyrrole nitrogens is 1. The number of aromatic nitrogens is 1. The maximum Gasteiger partial charge on any atom is 0.261 e. The van der Waals surface area contributed by atoms with Crippen LogP contribution in [-0.2, 0) is 0 Å². The van der Waals surface area contributed by atoms with Crippen molar-refractivity contribution < 1.29 is 9.21 Å².